The second-order valence-corrected chi connectivity index (χ2v) is 7.85. The highest BCUT2D eigenvalue weighted by molar-refractivity contribution is 5.79. The van der Waals surface area contributed by atoms with Crippen LogP contribution in [0, 0.1) is 19.8 Å². The molecule has 4 rings (SSSR count). The molecule has 1 aliphatic rings. The number of rotatable bonds is 6. The number of nitrogens with zero attached hydrogens (tertiary/aromatic N) is 5. The largest absolute Gasteiger partial charge is 0.356 e. The van der Waals surface area contributed by atoms with E-state index in [0.717, 1.165) is 47.8 Å². The number of nitrogens with one attached hydrogen (secondary N) is 1. The van der Waals surface area contributed by atoms with Gasteiger partial charge in [0.15, 0.2) is 0 Å². The van der Waals surface area contributed by atoms with Gasteiger partial charge in [-0.2, -0.15) is 5.10 Å². The molecule has 7 heteroatoms. The van der Waals surface area contributed by atoms with Crippen LogP contribution in [0.25, 0.3) is 11.3 Å². The normalized spacial score (nSPS) is 16.5. The van der Waals surface area contributed by atoms with E-state index in [4.69, 9.17) is 0 Å². The molecule has 30 heavy (non-hydrogen) atoms. The van der Waals surface area contributed by atoms with E-state index in [1.165, 1.54) is 0 Å². The summed E-state index contributed by atoms with van der Waals surface area (Å²) in [6, 6.07) is 14.1. The average Bonchev–Trinajstić information content (AvgIpc) is 3.11. The summed E-state index contributed by atoms with van der Waals surface area (Å²) in [5.41, 5.74) is 4.08. The Morgan fingerprint density at radius 1 is 1.17 bits per heavy atom. The van der Waals surface area contributed by atoms with Crippen molar-refractivity contribution in [1.29, 1.82) is 0 Å². The van der Waals surface area contributed by atoms with E-state index in [2.05, 4.69) is 25.3 Å². The predicted molar refractivity (Wildman–Crippen MR) is 117 cm³/mol. The van der Waals surface area contributed by atoms with Crippen LogP contribution >= 0.6 is 0 Å². The number of aryl methyl sites for hydroxylation is 2. The molecule has 1 amide bonds. The Balaban J connectivity index is 1.36. The maximum absolute atomic E-state index is 12.7. The molecular formula is C23H28N6O. The molecule has 1 atom stereocenters. The fourth-order valence-electron chi connectivity index (χ4n) is 4.02. The summed E-state index contributed by atoms with van der Waals surface area (Å²) >= 11 is 0. The van der Waals surface area contributed by atoms with E-state index in [-0.39, 0.29) is 11.8 Å². The van der Waals surface area contributed by atoms with Crippen LogP contribution in [0.4, 0.5) is 5.82 Å². The average molecular weight is 405 g/mol. The summed E-state index contributed by atoms with van der Waals surface area (Å²) in [5, 5.41) is 7.53. The fourth-order valence-corrected chi connectivity index (χ4v) is 4.02. The third kappa shape index (κ3) is 4.67. The molecule has 3 heterocycles. The molecule has 0 aliphatic carbocycles. The standard InChI is InChI=1S/C23H28N6O/c1-17-13-18(2)29(27-17)12-10-24-23(30)20-9-6-11-28(15-20)22-14-21(25-16-26-22)19-7-4-3-5-8-19/h3-5,7-8,13-14,16,20H,6,9-12,15H2,1-2H3,(H,24,30). The molecule has 1 fully saturated rings. The highest BCUT2D eigenvalue weighted by Gasteiger charge is 2.26. The molecule has 1 aromatic carbocycles. The Morgan fingerprint density at radius 2 is 2.00 bits per heavy atom. The zero-order valence-electron chi connectivity index (χ0n) is 17.6. The molecule has 1 N–H and O–H groups in total. The first kappa shape index (κ1) is 20.1. The molecule has 0 radical (unpaired) electrons. The third-order valence-corrected chi connectivity index (χ3v) is 5.56. The van der Waals surface area contributed by atoms with Crippen LogP contribution in [-0.2, 0) is 11.3 Å². The van der Waals surface area contributed by atoms with E-state index in [1.807, 2.05) is 61.0 Å². The van der Waals surface area contributed by atoms with Crippen molar-refractivity contribution in [3.8, 4) is 11.3 Å². The molecule has 0 saturated carbocycles. The van der Waals surface area contributed by atoms with Crippen LogP contribution in [-0.4, -0.2) is 45.3 Å². The molecule has 7 nitrogen and oxygen atoms in total. The molecule has 0 spiro atoms. The van der Waals surface area contributed by atoms with Gasteiger partial charge in [-0.05, 0) is 32.8 Å². The van der Waals surface area contributed by atoms with Crippen molar-refractivity contribution in [1.82, 2.24) is 25.1 Å². The summed E-state index contributed by atoms with van der Waals surface area (Å²) in [6.45, 7) is 6.87. The summed E-state index contributed by atoms with van der Waals surface area (Å²) in [4.78, 5) is 23.8. The van der Waals surface area contributed by atoms with Gasteiger partial charge in [0.05, 0.1) is 23.9 Å². The van der Waals surface area contributed by atoms with Crippen LogP contribution in [0.1, 0.15) is 24.2 Å². The molecule has 1 aliphatic heterocycles. The van der Waals surface area contributed by atoms with Gasteiger partial charge in [0.1, 0.15) is 12.1 Å². The second-order valence-electron chi connectivity index (χ2n) is 7.85. The topological polar surface area (TPSA) is 75.9 Å². The first-order valence-electron chi connectivity index (χ1n) is 10.5. The molecule has 1 unspecified atom stereocenters. The number of hydrogen-bond donors (Lipinski definition) is 1. The Bertz CT molecular complexity index is 1000. The number of anilines is 1. The van der Waals surface area contributed by atoms with E-state index in [1.54, 1.807) is 6.33 Å². The Labute approximate surface area is 177 Å². The van der Waals surface area contributed by atoms with Crippen LogP contribution in [0.15, 0.2) is 48.8 Å². The molecule has 156 valence electrons. The molecule has 3 aromatic rings. The van der Waals surface area contributed by atoms with E-state index in [0.29, 0.717) is 19.6 Å². The minimum atomic E-state index is -0.0330. The van der Waals surface area contributed by atoms with Crippen LogP contribution in [0.2, 0.25) is 0 Å². The van der Waals surface area contributed by atoms with E-state index >= 15 is 0 Å². The van der Waals surface area contributed by atoms with E-state index in [9.17, 15) is 4.79 Å². The van der Waals surface area contributed by atoms with Gasteiger partial charge in [-0.1, -0.05) is 30.3 Å². The van der Waals surface area contributed by atoms with Gasteiger partial charge in [0, 0.05) is 37.0 Å². The fraction of sp³-hybridized carbons (Fsp3) is 0.391. The molecular weight excluding hydrogens is 376 g/mol. The summed E-state index contributed by atoms with van der Waals surface area (Å²) in [6.07, 6.45) is 3.48. The molecule has 0 bridgehead atoms. The first-order chi connectivity index (χ1) is 14.6. The Kier molecular flexibility index (Phi) is 6.07. The van der Waals surface area contributed by atoms with Gasteiger partial charge in [0.2, 0.25) is 5.91 Å². The van der Waals surface area contributed by atoms with Crippen molar-refractivity contribution in [2.75, 3.05) is 24.5 Å². The number of carbonyl (C=O) groups excluding carboxylic acids is 1. The van der Waals surface area contributed by atoms with Gasteiger partial charge in [0.25, 0.3) is 0 Å². The number of amides is 1. The summed E-state index contributed by atoms with van der Waals surface area (Å²) in [7, 11) is 0. The van der Waals surface area contributed by atoms with Gasteiger partial charge in [-0.15, -0.1) is 0 Å². The van der Waals surface area contributed by atoms with Crippen LogP contribution < -0.4 is 10.2 Å². The second kappa shape index (κ2) is 9.07. The number of aromatic nitrogens is 4. The highest BCUT2D eigenvalue weighted by atomic mass is 16.1. The van der Waals surface area contributed by atoms with Crippen LogP contribution in [0.5, 0.6) is 0 Å². The smallest absolute Gasteiger partial charge is 0.224 e. The first-order valence-corrected chi connectivity index (χ1v) is 10.5. The van der Waals surface area contributed by atoms with Crippen molar-refractivity contribution in [2.24, 2.45) is 5.92 Å². The SMILES string of the molecule is Cc1cc(C)n(CCNC(=O)C2CCCN(c3cc(-c4ccccc4)ncn3)C2)n1. The van der Waals surface area contributed by atoms with Gasteiger partial charge < -0.3 is 10.2 Å². The minimum Gasteiger partial charge on any atom is -0.356 e. The third-order valence-electron chi connectivity index (χ3n) is 5.56. The van der Waals surface area contributed by atoms with Crippen molar-refractivity contribution in [2.45, 2.75) is 33.2 Å². The quantitative estimate of drug-likeness (QED) is 0.684. The van der Waals surface area contributed by atoms with Gasteiger partial charge in [-0.3, -0.25) is 9.48 Å². The van der Waals surface area contributed by atoms with Crippen molar-refractivity contribution in [3.63, 3.8) is 0 Å². The zero-order chi connectivity index (χ0) is 20.9. The van der Waals surface area contributed by atoms with Crippen molar-refractivity contribution in [3.05, 3.63) is 60.2 Å². The van der Waals surface area contributed by atoms with Gasteiger partial charge in [-0.25, -0.2) is 9.97 Å². The number of carbonyl (C=O) groups is 1. The lowest BCUT2D eigenvalue weighted by Gasteiger charge is -2.33. The van der Waals surface area contributed by atoms with Crippen molar-refractivity contribution < 1.29 is 4.79 Å². The summed E-state index contributed by atoms with van der Waals surface area (Å²) in [5.74, 6) is 0.955. The molecule has 2 aromatic heterocycles. The minimum absolute atomic E-state index is 0.0330. The molecule has 1 saturated heterocycles. The lowest BCUT2D eigenvalue weighted by molar-refractivity contribution is -0.125. The monoisotopic (exact) mass is 404 g/mol. The lowest BCUT2D eigenvalue weighted by Crippen LogP contribution is -2.44. The predicted octanol–water partition coefficient (Wildman–Crippen LogP) is 2.99. The Morgan fingerprint density at radius 3 is 2.77 bits per heavy atom. The maximum atomic E-state index is 12.7. The lowest BCUT2D eigenvalue weighted by atomic mass is 9.97. The Hall–Kier alpha value is -3.22. The van der Waals surface area contributed by atoms with Crippen LogP contribution in [0.3, 0.4) is 0 Å². The number of piperidine rings is 1. The van der Waals surface area contributed by atoms with Crippen molar-refractivity contribution >= 4 is 11.7 Å². The maximum Gasteiger partial charge on any atom is 0.224 e. The number of benzene rings is 1. The highest BCUT2D eigenvalue weighted by Crippen LogP contribution is 2.25. The zero-order valence-corrected chi connectivity index (χ0v) is 17.6. The summed E-state index contributed by atoms with van der Waals surface area (Å²) < 4.78 is 1.94. The van der Waals surface area contributed by atoms with Gasteiger partial charge >= 0.3 is 0 Å². The number of hydrogen-bond acceptors (Lipinski definition) is 5. The van der Waals surface area contributed by atoms with E-state index < -0.39 is 0 Å².